The van der Waals surface area contributed by atoms with E-state index in [-0.39, 0.29) is 5.97 Å². The molecule has 0 aliphatic carbocycles. The number of hydrogen-bond acceptors (Lipinski definition) is 4. The molecule has 0 spiro atoms. The fourth-order valence-corrected chi connectivity index (χ4v) is 2.87. The third kappa shape index (κ3) is 2.02. The van der Waals surface area contributed by atoms with E-state index in [0.717, 1.165) is 26.2 Å². The highest BCUT2D eigenvalue weighted by Crippen LogP contribution is 2.27. The summed E-state index contributed by atoms with van der Waals surface area (Å²) in [4.78, 5) is 14.0. The van der Waals surface area contributed by atoms with Gasteiger partial charge >= 0.3 is 5.97 Å². The fraction of sp³-hybridized carbons (Fsp3) is 0.500. The number of benzene rings is 1. The molecule has 2 heterocycles. The van der Waals surface area contributed by atoms with Crippen molar-refractivity contribution in [1.29, 1.82) is 0 Å². The molecule has 1 saturated heterocycles. The van der Waals surface area contributed by atoms with Crippen molar-refractivity contribution in [3.8, 4) is 0 Å². The van der Waals surface area contributed by atoms with E-state index in [9.17, 15) is 4.79 Å². The van der Waals surface area contributed by atoms with Crippen LogP contribution in [0.3, 0.4) is 0 Å². The molecule has 4 nitrogen and oxygen atoms in total. The van der Waals surface area contributed by atoms with Crippen LogP contribution in [0.4, 0.5) is 0 Å². The van der Waals surface area contributed by atoms with Crippen LogP contribution in [0.2, 0.25) is 0 Å². The Morgan fingerprint density at radius 2 is 2.22 bits per heavy atom. The van der Waals surface area contributed by atoms with Crippen LogP contribution in [-0.2, 0) is 17.8 Å². The van der Waals surface area contributed by atoms with Gasteiger partial charge in [0.1, 0.15) is 0 Å². The molecular formula is C14H18N2O2. The molecule has 1 aromatic carbocycles. The summed E-state index contributed by atoms with van der Waals surface area (Å²) in [6, 6.07) is 6.54. The summed E-state index contributed by atoms with van der Waals surface area (Å²) in [5.41, 5.74) is 3.27. The van der Waals surface area contributed by atoms with Crippen molar-refractivity contribution in [2.75, 3.05) is 20.2 Å². The Balaban J connectivity index is 1.78. The van der Waals surface area contributed by atoms with Crippen molar-refractivity contribution >= 4 is 5.97 Å². The molecule has 96 valence electrons. The first kappa shape index (κ1) is 11.7. The molecule has 0 radical (unpaired) electrons. The number of nitrogens with zero attached hydrogens (tertiary/aromatic N) is 1. The summed E-state index contributed by atoms with van der Waals surface area (Å²) in [6.07, 6.45) is 1.22. The SMILES string of the molecule is COC(=O)c1ccc2c(c1)CN([C@@H]1CCNC1)C2. The lowest BCUT2D eigenvalue weighted by Crippen LogP contribution is -2.32. The van der Waals surface area contributed by atoms with Crippen LogP contribution in [0.1, 0.15) is 27.9 Å². The number of carbonyl (C=O) groups excluding carboxylic acids is 1. The molecule has 1 fully saturated rings. The molecular weight excluding hydrogens is 228 g/mol. The molecule has 0 aromatic heterocycles. The number of carbonyl (C=O) groups is 1. The molecule has 0 saturated carbocycles. The van der Waals surface area contributed by atoms with E-state index in [1.165, 1.54) is 24.7 Å². The van der Waals surface area contributed by atoms with Crippen molar-refractivity contribution in [2.45, 2.75) is 25.6 Å². The summed E-state index contributed by atoms with van der Waals surface area (Å²) in [6.45, 7) is 4.15. The summed E-state index contributed by atoms with van der Waals surface area (Å²) < 4.78 is 4.76. The predicted octanol–water partition coefficient (Wildman–Crippen LogP) is 1.15. The minimum Gasteiger partial charge on any atom is -0.465 e. The van der Waals surface area contributed by atoms with Gasteiger partial charge in [0.25, 0.3) is 0 Å². The molecule has 1 aromatic rings. The van der Waals surface area contributed by atoms with Gasteiger partial charge in [-0.15, -0.1) is 0 Å². The first-order chi connectivity index (χ1) is 8.78. The van der Waals surface area contributed by atoms with E-state index in [2.05, 4.69) is 16.3 Å². The number of fused-ring (bicyclic) bond motifs is 1. The monoisotopic (exact) mass is 246 g/mol. The van der Waals surface area contributed by atoms with Crippen molar-refractivity contribution in [3.05, 3.63) is 34.9 Å². The molecule has 4 heteroatoms. The molecule has 1 N–H and O–H groups in total. The predicted molar refractivity (Wildman–Crippen MR) is 68.3 cm³/mol. The Bertz CT molecular complexity index is 467. The highest BCUT2D eigenvalue weighted by molar-refractivity contribution is 5.89. The van der Waals surface area contributed by atoms with E-state index >= 15 is 0 Å². The molecule has 0 amide bonds. The third-order valence-corrected chi connectivity index (χ3v) is 3.92. The van der Waals surface area contributed by atoms with Gasteiger partial charge in [0, 0.05) is 25.7 Å². The molecule has 18 heavy (non-hydrogen) atoms. The Morgan fingerprint density at radius 1 is 1.39 bits per heavy atom. The molecule has 1 atom stereocenters. The zero-order valence-corrected chi connectivity index (χ0v) is 10.6. The van der Waals surface area contributed by atoms with Gasteiger partial charge in [-0.25, -0.2) is 4.79 Å². The van der Waals surface area contributed by atoms with Gasteiger partial charge in [0.2, 0.25) is 0 Å². The smallest absolute Gasteiger partial charge is 0.337 e. The van der Waals surface area contributed by atoms with Gasteiger partial charge in [-0.1, -0.05) is 6.07 Å². The van der Waals surface area contributed by atoms with Crippen LogP contribution >= 0.6 is 0 Å². The lowest BCUT2D eigenvalue weighted by molar-refractivity contribution is 0.0600. The fourth-order valence-electron chi connectivity index (χ4n) is 2.87. The Labute approximate surface area is 107 Å². The molecule has 3 rings (SSSR count). The van der Waals surface area contributed by atoms with E-state index < -0.39 is 0 Å². The second-order valence-corrected chi connectivity index (χ2v) is 5.03. The lowest BCUT2D eigenvalue weighted by Gasteiger charge is -2.21. The Kier molecular flexibility index (Phi) is 3.06. The van der Waals surface area contributed by atoms with E-state index in [1.807, 2.05) is 12.1 Å². The van der Waals surface area contributed by atoms with Gasteiger partial charge in [0.15, 0.2) is 0 Å². The summed E-state index contributed by atoms with van der Waals surface area (Å²) >= 11 is 0. The quantitative estimate of drug-likeness (QED) is 0.795. The average Bonchev–Trinajstić information content (AvgIpc) is 3.04. The zero-order chi connectivity index (χ0) is 12.5. The standard InChI is InChI=1S/C14H18N2O2/c1-18-14(17)10-2-3-11-8-16(9-12(11)6-10)13-4-5-15-7-13/h2-3,6,13,15H,4-5,7-9H2,1H3/t13-/m1/s1. The molecule has 2 aliphatic heterocycles. The van der Waals surface area contributed by atoms with Crippen LogP contribution in [0.5, 0.6) is 0 Å². The largest absolute Gasteiger partial charge is 0.465 e. The highest BCUT2D eigenvalue weighted by atomic mass is 16.5. The van der Waals surface area contributed by atoms with Crippen LogP contribution < -0.4 is 5.32 Å². The summed E-state index contributed by atoms with van der Waals surface area (Å²) in [5, 5.41) is 3.40. The van der Waals surface area contributed by atoms with Gasteiger partial charge < -0.3 is 10.1 Å². The summed E-state index contributed by atoms with van der Waals surface area (Å²) in [7, 11) is 1.42. The minimum atomic E-state index is -0.251. The minimum absolute atomic E-state index is 0.251. The number of methoxy groups -OCH3 is 1. The number of esters is 1. The van der Waals surface area contributed by atoms with Crippen LogP contribution in [0, 0.1) is 0 Å². The van der Waals surface area contributed by atoms with E-state index in [1.54, 1.807) is 0 Å². The number of rotatable bonds is 2. The van der Waals surface area contributed by atoms with Crippen LogP contribution in [0.15, 0.2) is 18.2 Å². The topological polar surface area (TPSA) is 41.6 Å². The van der Waals surface area contributed by atoms with Crippen LogP contribution in [-0.4, -0.2) is 37.1 Å². The first-order valence-electron chi connectivity index (χ1n) is 6.43. The molecule has 2 aliphatic rings. The van der Waals surface area contributed by atoms with Gasteiger partial charge in [-0.3, -0.25) is 4.90 Å². The first-order valence-corrected chi connectivity index (χ1v) is 6.43. The molecule has 0 bridgehead atoms. The van der Waals surface area contributed by atoms with Crippen LogP contribution in [0.25, 0.3) is 0 Å². The van der Waals surface area contributed by atoms with E-state index in [4.69, 9.17) is 4.74 Å². The maximum absolute atomic E-state index is 11.5. The second-order valence-electron chi connectivity index (χ2n) is 5.03. The van der Waals surface area contributed by atoms with Gasteiger partial charge in [-0.05, 0) is 36.2 Å². The van der Waals surface area contributed by atoms with Crippen molar-refractivity contribution in [3.63, 3.8) is 0 Å². The second kappa shape index (κ2) is 4.71. The van der Waals surface area contributed by atoms with Crippen molar-refractivity contribution in [2.24, 2.45) is 0 Å². The van der Waals surface area contributed by atoms with Crippen molar-refractivity contribution < 1.29 is 9.53 Å². The van der Waals surface area contributed by atoms with Gasteiger partial charge in [-0.2, -0.15) is 0 Å². The maximum Gasteiger partial charge on any atom is 0.337 e. The lowest BCUT2D eigenvalue weighted by atomic mass is 10.1. The summed E-state index contributed by atoms with van der Waals surface area (Å²) in [5.74, 6) is -0.251. The normalized spacial score (nSPS) is 23.1. The number of nitrogens with one attached hydrogen (secondary N) is 1. The Morgan fingerprint density at radius 3 is 2.94 bits per heavy atom. The third-order valence-electron chi connectivity index (χ3n) is 3.92. The van der Waals surface area contributed by atoms with Crippen molar-refractivity contribution in [1.82, 2.24) is 10.2 Å². The maximum atomic E-state index is 11.5. The zero-order valence-electron chi connectivity index (χ0n) is 10.6. The van der Waals surface area contributed by atoms with Gasteiger partial charge in [0.05, 0.1) is 12.7 Å². The average molecular weight is 246 g/mol. The van der Waals surface area contributed by atoms with E-state index in [0.29, 0.717) is 11.6 Å². The molecule has 0 unspecified atom stereocenters. The Hall–Kier alpha value is -1.39. The number of ether oxygens (including phenoxy) is 1. The number of hydrogen-bond donors (Lipinski definition) is 1. The highest BCUT2D eigenvalue weighted by Gasteiger charge is 2.28.